The Morgan fingerprint density at radius 1 is 1.25 bits per heavy atom. The Labute approximate surface area is 115 Å². The van der Waals surface area contributed by atoms with E-state index in [2.05, 4.69) is 5.32 Å². The summed E-state index contributed by atoms with van der Waals surface area (Å²) in [5.41, 5.74) is 0.424. The van der Waals surface area contributed by atoms with E-state index in [1.807, 2.05) is 6.07 Å². The molecule has 0 unspecified atom stereocenters. The van der Waals surface area contributed by atoms with Crippen molar-refractivity contribution < 1.29 is 13.2 Å². The number of benzene rings is 1. The van der Waals surface area contributed by atoms with E-state index in [9.17, 15) is 13.2 Å². The molecule has 0 radical (unpaired) electrons. The first-order valence-corrected chi connectivity index (χ1v) is 6.72. The molecule has 20 heavy (non-hydrogen) atoms. The van der Waals surface area contributed by atoms with Gasteiger partial charge in [-0.25, -0.2) is 0 Å². The molecular formula is C15H15F3N2. The lowest BCUT2D eigenvalue weighted by Gasteiger charge is -2.54. The number of nitrogens with zero attached hydrogens (tertiary/aromatic N) is 1. The molecule has 2 aliphatic rings. The first kappa shape index (κ1) is 13.4. The quantitative estimate of drug-likeness (QED) is 0.903. The highest BCUT2D eigenvalue weighted by Gasteiger charge is 2.48. The molecule has 1 aliphatic carbocycles. The summed E-state index contributed by atoms with van der Waals surface area (Å²) in [6.45, 7) is 2.07. The van der Waals surface area contributed by atoms with Crippen LogP contribution in [0.25, 0.3) is 0 Å². The second-order valence-electron chi connectivity index (χ2n) is 6.11. The Morgan fingerprint density at radius 3 is 2.45 bits per heavy atom. The summed E-state index contributed by atoms with van der Waals surface area (Å²) in [7, 11) is 0. The normalized spacial score (nSPS) is 21.1. The van der Waals surface area contributed by atoms with Gasteiger partial charge in [0.15, 0.2) is 0 Å². The average Bonchev–Trinajstić information content (AvgIpc) is 2.29. The number of rotatable bonds is 2. The van der Waals surface area contributed by atoms with Crippen molar-refractivity contribution in [3.05, 3.63) is 34.9 Å². The lowest BCUT2D eigenvalue weighted by atomic mass is 9.57. The van der Waals surface area contributed by atoms with Crippen molar-refractivity contribution in [3.8, 4) is 6.07 Å². The van der Waals surface area contributed by atoms with Gasteiger partial charge in [-0.3, -0.25) is 0 Å². The Kier molecular flexibility index (Phi) is 3.02. The largest absolute Gasteiger partial charge is 0.416 e. The van der Waals surface area contributed by atoms with Gasteiger partial charge in [0.05, 0.1) is 17.2 Å². The van der Waals surface area contributed by atoms with E-state index in [-0.39, 0.29) is 5.56 Å². The van der Waals surface area contributed by atoms with E-state index < -0.39 is 11.7 Å². The van der Waals surface area contributed by atoms with Gasteiger partial charge in [-0.1, -0.05) is 0 Å². The van der Waals surface area contributed by atoms with Gasteiger partial charge < -0.3 is 5.32 Å². The van der Waals surface area contributed by atoms with E-state index >= 15 is 0 Å². The van der Waals surface area contributed by atoms with E-state index in [0.717, 1.165) is 32.0 Å². The number of hydrogen-bond donors (Lipinski definition) is 1. The van der Waals surface area contributed by atoms with Crippen molar-refractivity contribution in [3.63, 3.8) is 0 Å². The summed E-state index contributed by atoms with van der Waals surface area (Å²) in [5, 5.41) is 12.1. The zero-order valence-corrected chi connectivity index (χ0v) is 10.9. The second kappa shape index (κ2) is 4.49. The van der Waals surface area contributed by atoms with Crippen LogP contribution < -0.4 is 5.32 Å². The van der Waals surface area contributed by atoms with Gasteiger partial charge in [-0.2, -0.15) is 18.4 Å². The van der Waals surface area contributed by atoms with Crippen LogP contribution in [0, 0.1) is 22.7 Å². The minimum atomic E-state index is -4.39. The first-order valence-electron chi connectivity index (χ1n) is 6.72. The maximum Gasteiger partial charge on any atom is 0.416 e. The topological polar surface area (TPSA) is 35.8 Å². The number of alkyl halides is 3. The lowest BCUT2D eigenvalue weighted by Crippen LogP contribution is -2.60. The minimum absolute atomic E-state index is 0.0918. The Hall–Kier alpha value is -1.54. The molecule has 0 atom stereocenters. The highest BCUT2D eigenvalue weighted by molar-refractivity contribution is 5.39. The fourth-order valence-corrected chi connectivity index (χ4v) is 3.45. The monoisotopic (exact) mass is 280 g/mol. The molecule has 0 amide bonds. The molecule has 1 aromatic carbocycles. The smallest absolute Gasteiger partial charge is 0.316 e. The van der Waals surface area contributed by atoms with Crippen LogP contribution >= 0.6 is 0 Å². The molecule has 1 saturated carbocycles. The van der Waals surface area contributed by atoms with Crippen LogP contribution in [0.1, 0.15) is 29.5 Å². The molecule has 1 N–H and O–H groups in total. The molecule has 2 nitrogen and oxygen atoms in total. The maximum absolute atomic E-state index is 12.8. The van der Waals surface area contributed by atoms with Gasteiger partial charge in [0.2, 0.25) is 0 Å². The van der Waals surface area contributed by atoms with Gasteiger partial charge in [-0.15, -0.1) is 0 Å². The number of nitrogens with one attached hydrogen (secondary N) is 1. The molecule has 5 heteroatoms. The molecule has 1 heterocycles. The van der Waals surface area contributed by atoms with Crippen molar-refractivity contribution in [2.45, 2.75) is 25.4 Å². The summed E-state index contributed by atoms with van der Waals surface area (Å²) in [4.78, 5) is 0. The van der Waals surface area contributed by atoms with Crippen LogP contribution in [0.15, 0.2) is 18.2 Å². The number of halogens is 3. The van der Waals surface area contributed by atoms with Gasteiger partial charge >= 0.3 is 6.18 Å². The Balaban J connectivity index is 1.74. The minimum Gasteiger partial charge on any atom is -0.316 e. The fraction of sp³-hybridized carbons (Fsp3) is 0.533. The fourth-order valence-electron chi connectivity index (χ4n) is 3.45. The third-order valence-corrected chi connectivity index (χ3v) is 4.42. The number of nitriles is 1. The Morgan fingerprint density at radius 2 is 1.95 bits per heavy atom. The van der Waals surface area contributed by atoms with Gasteiger partial charge in [0.1, 0.15) is 0 Å². The van der Waals surface area contributed by atoms with E-state index in [1.165, 1.54) is 6.07 Å². The third-order valence-electron chi connectivity index (χ3n) is 4.42. The van der Waals surface area contributed by atoms with Crippen LogP contribution in [0.2, 0.25) is 0 Å². The molecule has 2 fully saturated rings. The first-order chi connectivity index (χ1) is 9.40. The van der Waals surface area contributed by atoms with Crippen LogP contribution in [0.3, 0.4) is 0 Å². The van der Waals surface area contributed by atoms with Crippen LogP contribution in [0.4, 0.5) is 13.2 Å². The van der Waals surface area contributed by atoms with Crippen molar-refractivity contribution >= 4 is 0 Å². The average molecular weight is 280 g/mol. The molecule has 3 rings (SSSR count). The van der Waals surface area contributed by atoms with E-state index in [4.69, 9.17) is 5.26 Å². The lowest BCUT2D eigenvalue weighted by molar-refractivity contribution is -0.137. The van der Waals surface area contributed by atoms with Gasteiger partial charge in [0, 0.05) is 13.1 Å². The van der Waals surface area contributed by atoms with Crippen molar-refractivity contribution in [1.29, 1.82) is 5.26 Å². The van der Waals surface area contributed by atoms with Gasteiger partial charge in [0.25, 0.3) is 0 Å². The van der Waals surface area contributed by atoms with Crippen LogP contribution in [0.5, 0.6) is 0 Å². The third kappa shape index (κ3) is 2.40. The van der Waals surface area contributed by atoms with Crippen molar-refractivity contribution in [1.82, 2.24) is 5.32 Å². The Bertz CT molecular complexity index is 559. The number of hydrogen-bond acceptors (Lipinski definition) is 2. The standard InChI is InChI=1S/C15H15F3N2/c16-15(17,18)13-3-10(1-11(4-13)7-19)2-12-5-14(6-12)8-20-9-14/h1,3-4,12,20H,2,5-6,8-9H2. The SMILES string of the molecule is N#Cc1cc(CC2CC3(CNC3)C2)cc(C(F)(F)F)c1. The predicted molar refractivity (Wildman–Crippen MR) is 67.9 cm³/mol. The molecule has 106 valence electrons. The predicted octanol–water partition coefficient (Wildman–Crippen LogP) is 3.12. The molecule has 0 bridgehead atoms. The van der Waals surface area contributed by atoms with Crippen LogP contribution in [-0.4, -0.2) is 13.1 Å². The highest BCUT2D eigenvalue weighted by atomic mass is 19.4. The summed E-state index contributed by atoms with van der Waals surface area (Å²) in [5.74, 6) is 0.451. The molecule has 0 aromatic heterocycles. The molecule has 1 aromatic rings. The zero-order chi connectivity index (χ0) is 14.4. The van der Waals surface area contributed by atoms with E-state index in [1.54, 1.807) is 6.07 Å². The summed E-state index contributed by atoms with van der Waals surface area (Å²) < 4.78 is 38.4. The highest BCUT2D eigenvalue weighted by Crippen LogP contribution is 2.49. The van der Waals surface area contributed by atoms with Gasteiger partial charge in [-0.05, 0) is 54.4 Å². The second-order valence-corrected chi connectivity index (χ2v) is 6.11. The zero-order valence-electron chi connectivity index (χ0n) is 10.9. The summed E-state index contributed by atoms with van der Waals surface area (Å²) in [6, 6.07) is 5.50. The molecule has 1 aliphatic heterocycles. The molecular weight excluding hydrogens is 265 g/mol. The van der Waals surface area contributed by atoms with Crippen molar-refractivity contribution in [2.24, 2.45) is 11.3 Å². The van der Waals surface area contributed by atoms with Crippen molar-refractivity contribution in [2.75, 3.05) is 13.1 Å². The van der Waals surface area contributed by atoms with Crippen LogP contribution in [-0.2, 0) is 12.6 Å². The summed E-state index contributed by atoms with van der Waals surface area (Å²) >= 11 is 0. The molecule has 1 spiro atoms. The summed E-state index contributed by atoms with van der Waals surface area (Å²) in [6.07, 6.45) is -1.59. The molecule has 1 saturated heterocycles. The van der Waals surface area contributed by atoms with E-state index in [0.29, 0.717) is 23.3 Å². The maximum atomic E-state index is 12.8.